The maximum Gasteiger partial charge on any atom is 0.324 e. The summed E-state index contributed by atoms with van der Waals surface area (Å²) in [4.78, 5) is 12.1. The molecule has 6 nitrogen and oxygen atoms in total. The normalized spacial score (nSPS) is 17.4. The van der Waals surface area contributed by atoms with E-state index in [2.05, 4.69) is 0 Å². The second-order valence-electron chi connectivity index (χ2n) is 5.67. The number of methoxy groups -OCH3 is 1. The lowest BCUT2D eigenvalue weighted by Crippen LogP contribution is -2.49. The first-order valence-corrected chi connectivity index (χ1v) is 9.08. The largest absolute Gasteiger partial charge is 0.468 e. The second-order valence-corrected chi connectivity index (χ2v) is 7.53. The summed E-state index contributed by atoms with van der Waals surface area (Å²) in [5.74, 6) is -0.618. The molecule has 1 heterocycles. The Labute approximate surface area is 146 Å². The van der Waals surface area contributed by atoms with E-state index < -0.39 is 22.0 Å². The molecule has 0 unspecified atom stereocenters. The molecule has 0 saturated carbocycles. The van der Waals surface area contributed by atoms with E-state index in [1.165, 1.54) is 19.2 Å². The fraction of sp³-hybridized carbons (Fsp3) is 0.222. The molecule has 0 N–H and O–H groups in total. The molecule has 1 aliphatic rings. The minimum atomic E-state index is -4.04. The number of nitriles is 1. The second kappa shape index (κ2) is 6.67. The van der Waals surface area contributed by atoms with Crippen molar-refractivity contribution in [3.05, 3.63) is 65.2 Å². The predicted molar refractivity (Wildman–Crippen MR) is 89.8 cm³/mol. The Hall–Kier alpha value is -2.69. The van der Waals surface area contributed by atoms with E-state index in [0.29, 0.717) is 0 Å². The summed E-state index contributed by atoms with van der Waals surface area (Å²) in [5, 5.41) is 9.23. The zero-order valence-corrected chi connectivity index (χ0v) is 14.4. The fourth-order valence-electron chi connectivity index (χ4n) is 3.00. The number of hydrogen-bond donors (Lipinski definition) is 0. The molecule has 2 aromatic rings. The molecule has 0 amide bonds. The van der Waals surface area contributed by atoms with Crippen molar-refractivity contribution in [1.82, 2.24) is 4.31 Å². The van der Waals surface area contributed by atoms with E-state index in [-0.39, 0.29) is 23.4 Å². The molecule has 0 saturated heterocycles. The average molecular weight is 356 g/mol. The van der Waals surface area contributed by atoms with Gasteiger partial charge in [0.15, 0.2) is 0 Å². The third kappa shape index (κ3) is 3.02. The SMILES string of the molecule is COC(=O)[C@@H]1Cc2ccccc2CN1S(=O)(=O)c1ccccc1C#N. The summed E-state index contributed by atoms with van der Waals surface area (Å²) < 4.78 is 32.3. The maximum atomic E-state index is 13.2. The Morgan fingerprint density at radius 1 is 1.16 bits per heavy atom. The summed E-state index contributed by atoms with van der Waals surface area (Å²) in [6.45, 7) is 0.0536. The van der Waals surface area contributed by atoms with E-state index in [1.54, 1.807) is 12.1 Å². The van der Waals surface area contributed by atoms with E-state index in [9.17, 15) is 18.5 Å². The number of sulfonamides is 1. The van der Waals surface area contributed by atoms with Gasteiger partial charge in [-0.3, -0.25) is 4.79 Å². The summed E-state index contributed by atoms with van der Waals surface area (Å²) in [5.41, 5.74) is 1.79. The number of nitrogens with zero attached hydrogens (tertiary/aromatic N) is 2. The Balaban J connectivity index is 2.12. The van der Waals surface area contributed by atoms with Gasteiger partial charge in [0.1, 0.15) is 12.1 Å². The van der Waals surface area contributed by atoms with Crippen LogP contribution >= 0.6 is 0 Å². The lowest BCUT2D eigenvalue weighted by Gasteiger charge is -2.34. The van der Waals surface area contributed by atoms with Crippen molar-refractivity contribution in [1.29, 1.82) is 5.26 Å². The predicted octanol–water partition coefficient (Wildman–Crippen LogP) is 1.85. The molecule has 0 spiro atoms. The van der Waals surface area contributed by atoms with Gasteiger partial charge in [-0.1, -0.05) is 36.4 Å². The monoisotopic (exact) mass is 356 g/mol. The molecule has 7 heteroatoms. The summed E-state index contributed by atoms with van der Waals surface area (Å²) in [6.07, 6.45) is 0.233. The number of hydrogen-bond acceptors (Lipinski definition) is 5. The van der Waals surface area contributed by atoms with Crippen molar-refractivity contribution >= 4 is 16.0 Å². The molecule has 128 valence electrons. The van der Waals surface area contributed by atoms with Crippen LogP contribution in [-0.4, -0.2) is 31.8 Å². The van der Waals surface area contributed by atoms with E-state index in [1.807, 2.05) is 30.3 Å². The van der Waals surface area contributed by atoms with Crippen LogP contribution in [0.15, 0.2) is 53.4 Å². The standard InChI is InChI=1S/C18H16N2O4S/c1-24-18(21)16-10-13-6-2-3-8-15(13)12-20(16)25(22,23)17-9-5-4-7-14(17)11-19/h2-9,16H,10,12H2,1H3/t16-/m0/s1. The first-order valence-electron chi connectivity index (χ1n) is 7.64. The van der Waals surface area contributed by atoms with E-state index in [0.717, 1.165) is 15.4 Å². The van der Waals surface area contributed by atoms with Crippen LogP contribution in [0.3, 0.4) is 0 Å². The number of ether oxygens (including phenoxy) is 1. The number of esters is 1. The zero-order valence-electron chi connectivity index (χ0n) is 13.5. The Kier molecular flexibility index (Phi) is 4.57. The average Bonchev–Trinajstić information content (AvgIpc) is 2.66. The molecule has 0 radical (unpaired) electrons. The van der Waals surface area contributed by atoms with Crippen LogP contribution in [0, 0.1) is 11.3 Å². The van der Waals surface area contributed by atoms with Crippen LogP contribution in [0.1, 0.15) is 16.7 Å². The van der Waals surface area contributed by atoms with Gasteiger partial charge in [0.05, 0.1) is 17.6 Å². The molecular formula is C18H16N2O4S. The lowest BCUT2D eigenvalue weighted by atomic mass is 9.96. The Bertz CT molecular complexity index is 963. The van der Waals surface area contributed by atoms with Crippen molar-refractivity contribution in [2.75, 3.05) is 7.11 Å². The van der Waals surface area contributed by atoms with E-state index in [4.69, 9.17) is 4.74 Å². The third-order valence-corrected chi connectivity index (χ3v) is 6.19. The van der Waals surface area contributed by atoms with Crippen molar-refractivity contribution < 1.29 is 17.9 Å². The summed E-state index contributed by atoms with van der Waals surface area (Å²) >= 11 is 0. The minimum absolute atomic E-state index is 0.0463. The third-order valence-electron chi connectivity index (χ3n) is 4.27. The number of carbonyl (C=O) groups is 1. The quantitative estimate of drug-likeness (QED) is 0.783. The van der Waals surface area contributed by atoms with Gasteiger partial charge in [0, 0.05) is 13.0 Å². The van der Waals surface area contributed by atoms with Crippen LogP contribution in [0.2, 0.25) is 0 Å². The van der Waals surface area contributed by atoms with Crippen LogP contribution in [0.25, 0.3) is 0 Å². The number of rotatable bonds is 3. The van der Waals surface area contributed by atoms with Gasteiger partial charge in [0.2, 0.25) is 10.0 Å². The Morgan fingerprint density at radius 2 is 1.80 bits per heavy atom. The fourth-order valence-corrected chi connectivity index (χ4v) is 4.70. The molecule has 0 bridgehead atoms. The first-order chi connectivity index (χ1) is 12.0. The van der Waals surface area contributed by atoms with Crippen molar-refractivity contribution in [3.63, 3.8) is 0 Å². The molecule has 0 fully saturated rings. The highest BCUT2D eigenvalue weighted by Gasteiger charge is 2.40. The molecule has 2 aromatic carbocycles. The topological polar surface area (TPSA) is 87.5 Å². The lowest BCUT2D eigenvalue weighted by molar-refractivity contribution is -0.145. The highest BCUT2D eigenvalue weighted by molar-refractivity contribution is 7.89. The van der Waals surface area contributed by atoms with Crippen molar-refractivity contribution in [2.45, 2.75) is 23.9 Å². The van der Waals surface area contributed by atoms with Gasteiger partial charge >= 0.3 is 5.97 Å². The molecule has 3 rings (SSSR count). The smallest absolute Gasteiger partial charge is 0.324 e. The van der Waals surface area contributed by atoms with Gasteiger partial charge in [-0.05, 0) is 23.3 Å². The Morgan fingerprint density at radius 3 is 2.48 bits per heavy atom. The van der Waals surface area contributed by atoms with Crippen LogP contribution < -0.4 is 0 Å². The van der Waals surface area contributed by atoms with Gasteiger partial charge < -0.3 is 4.74 Å². The number of fused-ring (bicyclic) bond motifs is 1. The number of benzene rings is 2. The first kappa shape index (κ1) is 17.1. The van der Waals surface area contributed by atoms with Crippen LogP contribution in [0.5, 0.6) is 0 Å². The minimum Gasteiger partial charge on any atom is -0.468 e. The van der Waals surface area contributed by atoms with E-state index >= 15 is 0 Å². The summed E-state index contributed by atoms with van der Waals surface area (Å²) in [7, 11) is -2.81. The number of carbonyl (C=O) groups excluding carboxylic acids is 1. The van der Waals surface area contributed by atoms with Crippen LogP contribution in [0.4, 0.5) is 0 Å². The molecule has 0 aromatic heterocycles. The highest BCUT2D eigenvalue weighted by Crippen LogP contribution is 2.30. The van der Waals surface area contributed by atoms with Gasteiger partial charge in [-0.15, -0.1) is 0 Å². The maximum absolute atomic E-state index is 13.2. The highest BCUT2D eigenvalue weighted by atomic mass is 32.2. The molecule has 1 atom stereocenters. The molecule has 1 aliphatic heterocycles. The summed E-state index contributed by atoms with van der Waals surface area (Å²) in [6, 6.07) is 14.3. The van der Waals surface area contributed by atoms with Gasteiger partial charge in [0.25, 0.3) is 0 Å². The van der Waals surface area contributed by atoms with Gasteiger partial charge in [-0.25, -0.2) is 8.42 Å². The molecule has 25 heavy (non-hydrogen) atoms. The van der Waals surface area contributed by atoms with Crippen molar-refractivity contribution in [3.8, 4) is 6.07 Å². The van der Waals surface area contributed by atoms with Crippen molar-refractivity contribution in [2.24, 2.45) is 0 Å². The zero-order chi connectivity index (χ0) is 18.0. The van der Waals surface area contributed by atoms with Gasteiger partial charge in [-0.2, -0.15) is 9.57 Å². The molecule has 0 aliphatic carbocycles. The van der Waals surface area contributed by atoms with Crippen LogP contribution in [-0.2, 0) is 32.5 Å². The molecular weight excluding hydrogens is 340 g/mol.